The number of hydrogen-bond acceptors (Lipinski definition) is 5. The van der Waals surface area contributed by atoms with Gasteiger partial charge in [0.25, 0.3) is 0 Å². The zero-order chi connectivity index (χ0) is 22.3. The third kappa shape index (κ3) is 3.23. The standard InChI is InChI=1S/C22H37N3O5/c1-6-8-11-24-19(28)17-22-10-9-21(4,30-22)15(18(27)23-5)16(22)20(29)25(17)14(12-26)13(3)7-2/h13-17,26H,6-12H2,1-5H3,(H,23,27)(H,24,28)/t13-,14-,15-,16-,17?,21+,22?/m0/s1. The molecular weight excluding hydrogens is 386 g/mol. The van der Waals surface area contributed by atoms with E-state index < -0.39 is 35.1 Å². The number of carbonyl (C=O) groups excluding carboxylic acids is 3. The minimum atomic E-state index is -1.03. The van der Waals surface area contributed by atoms with Crippen LogP contribution < -0.4 is 10.6 Å². The third-order valence-corrected chi connectivity index (χ3v) is 7.67. The van der Waals surface area contributed by atoms with Crippen LogP contribution in [-0.2, 0) is 19.1 Å². The van der Waals surface area contributed by atoms with Crippen LogP contribution in [0, 0.1) is 17.8 Å². The van der Waals surface area contributed by atoms with Crippen molar-refractivity contribution in [3.05, 3.63) is 0 Å². The molecular formula is C22H37N3O5. The van der Waals surface area contributed by atoms with Gasteiger partial charge < -0.3 is 25.4 Å². The predicted molar refractivity (Wildman–Crippen MR) is 111 cm³/mol. The van der Waals surface area contributed by atoms with Gasteiger partial charge in [0, 0.05) is 13.6 Å². The fourth-order valence-electron chi connectivity index (χ4n) is 5.88. The number of rotatable bonds is 9. The molecule has 0 aromatic rings. The first-order chi connectivity index (χ1) is 14.2. The molecule has 0 aliphatic carbocycles. The Kier molecular flexibility index (Phi) is 6.49. The van der Waals surface area contributed by atoms with Crippen LogP contribution in [0.1, 0.15) is 59.8 Å². The molecule has 0 aromatic heterocycles. The summed E-state index contributed by atoms with van der Waals surface area (Å²) in [5.74, 6) is -2.07. The maximum Gasteiger partial charge on any atom is 0.245 e. The van der Waals surface area contributed by atoms with Gasteiger partial charge in [-0.2, -0.15) is 0 Å². The average Bonchev–Trinajstić information content (AvgIpc) is 3.29. The third-order valence-electron chi connectivity index (χ3n) is 7.67. The Morgan fingerprint density at radius 3 is 2.57 bits per heavy atom. The molecule has 1 spiro atoms. The minimum Gasteiger partial charge on any atom is -0.394 e. The van der Waals surface area contributed by atoms with Crippen LogP contribution in [0.5, 0.6) is 0 Å². The molecule has 2 unspecified atom stereocenters. The minimum absolute atomic E-state index is 0.00589. The largest absolute Gasteiger partial charge is 0.394 e. The SMILES string of the molecule is CCCCNC(=O)C1N([C@@H](CO)[C@@H](C)CC)C(=O)[C@@H]2[C@@H](C(=O)NC)[C@@]3(C)CCC12O3. The van der Waals surface area contributed by atoms with Crippen molar-refractivity contribution >= 4 is 17.7 Å². The normalized spacial score (nSPS) is 36.5. The number of aliphatic hydroxyl groups excluding tert-OH is 1. The maximum atomic E-state index is 13.8. The number of nitrogens with one attached hydrogen (secondary N) is 2. The Morgan fingerprint density at radius 1 is 1.30 bits per heavy atom. The van der Waals surface area contributed by atoms with Crippen LogP contribution in [0.3, 0.4) is 0 Å². The molecule has 8 nitrogen and oxygen atoms in total. The van der Waals surface area contributed by atoms with Gasteiger partial charge >= 0.3 is 0 Å². The predicted octanol–water partition coefficient (Wildman–Crippen LogP) is 0.820. The first-order valence-electron chi connectivity index (χ1n) is 11.3. The van der Waals surface area contributed by atoms with Crippen molar-refractivity contribution in [1.29, 1.82) is 0 Å². The van der Waals surface area contributed by atoms with Gasteiger partial charge in [0.15, 0.2) is 0 Å². The number of likely N-dealkylation sites (tertiary alicyclic amines) is 1. The van der Waals surface area contributed by atoms with Crippen molar-refractivity contribution in [3.63, 3.8) is 0 Å². The first kappa shape index (κ1) is 23.0. The number of ether oxygens (including phenoxy) is 1. The van der Waals surface area contributed by atoms with Gasteiger partial charge in [0.2, 0.25) is 17.7 Å². The topological polar surface area (TPSA) is 108 Å². The molecule has 2 bridgehead atoms. The molecule has 3 aliphatic heterocycles. The van der Waals surface area contributed by atoms with Gasteiger partial charge in [-0.1, -0.05) is 33.6 Å². The Labute approximate surface area is 179 Å². The lowest BCUT2D eigenvalue weighted by atomic mass is 9.66. The number of nitrogens with zero attached hydrogens (tertiary/aromatic N) is 1. The van der Waals surface area contributed by atoms with Crippen molar-refractivity contribution in [2.45, 2.75) is 83.1 Å². The number of fused-ring (bicyclic) bond motifs is 1. The zero-order valence-electron chi connectivity index (χ0n) is 18.9. The van der Waals surface area contributed by atoms with Gasteiger partial charge in [0.1, 0.15) is 11.6 Å². The number of aliphatic hydroxyl groups is 1. The highest BCUT2D eigenvalue weighted by molar-refractivity contribution is 5.99. The molecule has 3 heterocycles. The highest BCUT2D eigenvalue weighted by atomic mass is 16.5. The van der Waals surface area contributed by atoms with E-state index in [0.29, 0.717) is 19.4 Å². The van der Waals surface area contributed by atoms with Crippen molar-refractivity contribution in [1.82, 2.24) is 15.5 Å². The van der Waals surface area contributed by atoms with E-state index in [1.54, 1.807) is 11.9 Å². The van der Waals surface area contributed by atoms with E-state index in [1.165, 1.54) is 0 Å². The van der Waals surface area contributed by atoms with Crippen molar-refractivity contribution in [2.24, 2.45) is 17.8 Å². The number of unbranched alkanes of at least 4 members (excludes halogenated alkanes) is 1. The molecule has 3 aliphatic rings. The summed E-state index contributed by atoms with van der Waals surface area (Å²) in [5, 5.41) is 15.8. The summed E-state index contributed by atoms with van der Waals surface area (Å²) in [5.41, 5.74) is -1.79. The van der Waals surface area contributed by atoms with Crippen LogP contribution in [0.4, 0.5) is 0 Å². The van der Waals surface area contributed by atoms with Crippen molar-refractivity contribution in [2.75, 3.05) is 20.2 Å². The number of carbonyl (C=O) groups is 3. The van der Waals surface area contributed by atoms with Crippen LogP contribution in [-0.4, -0.2) is 71.2 Å². The molecule has 3 saturated heterocycles. The van der Waals surface area contributed by atoms with Gasteiger partial charge in [-0.25, -0.2) is 0 Å². The highest BCUT2D eigenvalue weighted by Crippen LogP contribution is 2.63. The van der Waals surface area contributed by atoms with Gasteiger partial charge in [0.05, 0.1) is 30.1 Å². The molecule has 7 atom stereocenters. The zero-order valence-corrected chi connectivity index (χ0v) is 18.9. The van der Waals surface area contributed by atoms with Crippen LogP contribution in [0.25, 0.3) is 0 Å². The van der Waals surface area contributed by atoms with Crippen LogP contribution in [0.15, 0.2) is 0 Å². The Bertz CT molecular complexity index is 700. The van der Waals surface area contributed by atoms with Gasteiger partial charge in [-0.05, 0) is 32.1 Å². The van der Waals surface area contributed by atoms with E-state index in [1.807, 2.05) is 27.7 Å². The van der Waals surface area contributed by atoms with E-state index in [-0.39, 0.29) is 30.2 Å². The van der Waals surface area contributed by atoms with E-state index in [0.717, 1.165) is 19.3 Å². The lowest BCUT2D eigenvalue weighted by Crippen LogP contribution is -2.59. The molecule has 3 fully saturated rings. The molecule has 0 radical (unpaired) electrons. The van der Waals surface area contributed by atoms with Crippen molar-refractivity contribution in [3.8, 4) is 0 Å². The number of hydrogen-bond donors (Lipinski definition) is 3. The summed E-state index contributed by atoms with van der Waals surface area (Å²) in [4.78, 5) is 41.6. The summed E-state index contributed by atoms with van der Waals surface area (Å²) in [6.45, 7) is 8.19. The lowest BCUT2D eigenvalue weighted by molar-refractivity contribution is -0.151. The first-order valence-corrected chi connectivity index (χ1v) is 11.3. The Morgan fingerprint density at radius 2 is 2.00 bits per heavy atom. The monoisotopic (exact) mass is 423 g/mol. The fourth-order valence-corrected chi connectivity index (χ4v) is 5.88. The molecule has 3 amide bonds. The van der Waals surface area contributed by atoms with Crippen LogP contribution in [0.2, 0.25) is 0 Å². The number of amides is 3. The van der Waals surface area contributed by atoms with E-state index >= 15 is 0 Å². The van der Waals surface area contributed by atoms with E-state index in [2.05, 4.69) is 10.6 Å². The van der Waals surface area contributed by atoms with Gasteiger partial charge in [-0.3, -0.25) is 14.4 Å². The molecule has 8 heteroatoms. The Balaban J connectivity index is 2.06. The molecule has 3 N–H and O–H groups in total. The highest BCUT2D eigenvalue weighted by Gasteiger charge is 2.78. The summed E-state index contributed by atoms with van der Waals surface area (Å²) < 4.78 is 6.49. The second kappa shape index (κ2) is 8.46. The molecule has 30 heavy (non-hydrogen) atoms. The van der Waals surface area contributed by atoms with Crippen LogP contribution >= 0.6 is 0 Å². The summed E-state index contributed by atoms with van der Waals surface area (Å²) in [6.07, 6.45) is 3.72. The van der Waals surface area contributed by atoms with E-state index in [4.69, 9.17) is 4.74 Å². The summed E-state index contributed by atoms with van der Waals surface area (Å²) >= 11 is 0. The van der Waals surface area contributed by atoms with Crippen molar-refractivity contribution < 1.29 is 24.2 Å². The second-order valence-corrected chi connectivity index (χ2v) is 9.37. The lowest BCUT2D eigenvalue weighted by Gasteiger charge is -2.39. The summed E-state index contributed by atoms with van der Waals surface area (Å²) in [7, 11) is 1.56. The quantitative estimate of drug-likeness (QED) is 0.476. The smallest absolute Gasteiger partial charge is 0.245 e. The Hall–Kier alpha value is -1.67. The molecule has 170 valence electrons. The molecule has 0 aromatic carbocycles. The molecule has 0 saturated carbocycles. The molecule has 3 rings (SSSR count). The van der Waals surface area contributed by atoms with E-state index in [9.17, 15) is 19.5 Å². The maximum absolute atomic E-state index is 13.8. The second-order valence-electron chi connectivity index (χ2n) is 9.37. The average molecular weight is 424 g/mol. The summed E-state index contributed by atoms with van der Waals surface area (Å²) in [6, 6.07) is -1.33. The van der Waals surface area contributed by atoms with Gasteiger partial charge in [-0.15, -0.1) is 0 Å². The fraction of sp³-hybridized carbons (Fsp3) is 0.864.